The smallest absolute Gasteiger partial charge is 0.224 e. The molecule has 5 heteroatoms. The Labute approximate surface area is 115 Å². The van der Waals surface area contributed by atoms with Crippen molar-refractivity contribution in [2.24, 2.45) is 0 Å². The van der Waals surface area contributed by atoms with Crippen molar-refractivity contribution in [1.82, 2.24) is 10.3 Å². The van der Waals surface area contributed by atoms with E-state index in [0.717, 1.165) is 11.1 Å². The van der Waals surface area contributed by atoms with Crippen LogP contribution in [0.1, 0.15) is 11.1 Å². The summed E-state index contributed by atoms with van der Waals surface area (Å²) in [6.07, 6.45) is 1.78. The summed E-state index contributed by atoms with van der Waals surface area (Å²) in [6.45, 7) is 0.303. The van der Waals surface area contributed by atoms with Crippen molar-refractivity contribution in [3.05, 3.63) is 64.7 Å². The molecule has 0 fully saturated rings. The summed E-state index contributed by atoms with van der Waals surface area (Å²) in [7, 11) is 0. The lowest BCUT2D eigenvalue weighted by Crippen LogP contribution is -2.24. The zero-order valence-corrected chi connectivity index (χ0v) is 10.8. The number of nitrogens with one attached hydrogen (secondary N) is 1. The number of aromatic nitrogens is 1. The van der Waals surface area contributed by atoms with E-state index in [0.29, 0.717) is 11.7 Å². The van der Waals surface area contributed by atoms with Crippen LogP contribution in [-0.4, -0.2) is 10.9 Å². The topological polar surface area (TPSA) is 42.0 Å². The summed E-state index contributed by atoms with van der Waals surface area (Å²) >= 11 is 5.66. The van der Waals surface area contributed by atoms with Gasteiger partial charge in [0.2, 0.25) is 5.91 Å². The summed E-state index contributed by atoms with van der Waals surface area (Å²) in [5, 5.41) is 3.12. The minimum Gasteiger partial charge on any atom is -0.352 e. The normalized spacial score (nSPS) is 10.2. The molecule has 0 bridgehead atoms. The highest BCUT2D eigenvalue weighted by Gasteiger charge is 2.04. The second-order valence-electron chi connectivity index (χ2n) is 4.07. The second kappa shape index (κ2) is 6.29. The average molecular weight is 279 g/mol. The highest BCUT2D eigenvalue weighted by atomic mass is 35.5. The van der Waals surface area contributed by atoms with Gasteiger partial charge in [-0.2, -0.15) is 0 Å². The summed E-state index contributed by atoms with van der Waals surface area (Å²) in [5.41, 5.74) is 1.50. The fraction of sp³-hybridized carbons (Fsp3) is 0.143. The van der Waals surface area contributed by atoms with E-state index in [9.17, 15) is 9.18 Å². The minimum absolute atomic E-state index is 0.145. The predicted octanol–water partition coefficient (Wildman–Crippen LogP) is 2.73. The molecule has 0 aliphatic heterocycles. The van der Waals surface area contributed by atoms with Crippen molar-refractivity contribution < 1.29 is 9.18 Å². The molecule has 0 saturated carbocycles. The minimum atomic E-state index is -0.311. The molecule has 98 valence electrons. The van der Waals surface area contributed by atoms with Gasteiger partial charge in [0.15, 0.2) is 0 Å². The number of hydrogen-bond acceptors (Lipinski definition) is 2. The first-order chi connectivity index (χ1) is 9.13. The monoisotopic (exact) mass is 278 g/mol. The van der Waals surface area contributed by atoms with Crippen molar-refractivity contribution in [1.29, 1.82) is 0 Å². The van der Waals surface area contributed by atoms with Crippen molar-refractivity contribution in [3.8, 4) is 0 Å². The molecule has 1 aromatic carbocycles. The molecule has 1 aromatic heterocycles. The van der Waals surface area contributed by atoms with E-state index >= 15 is 0 Å². The first-order valence-electron chi connectivity index (χ1n) is 5.75. The standard InChI is InChI=1S/C14H12ClFN2O/c15-13-5-4-11(8-17-13)7-14(19)18-9-10-2-1-3-12(16)6-10/h1-6,8H,7,9H2,(H,18,19). The zero-order valence-electron chi connectivity index (χ0n) is 10.1. The van der Waals surface area contributed by atoms with E-state index < -0.39 is 0 Å². The van der Waals surface area contributed by atoms with Gasteiger partial charge in [-0.1, -0.05) is 29.8 Å². The maximum absolute atomic E-state index is 12.9. The number of carbonyl (C=O) groups excluding carboxylic acids is 1. The molecule has 1 amide bonds. The highest BCUT2D eigenvalue weighted by Crippen LogP contribution is 2.06. The number of amides is 1. The van der Waals surface area contributed by atoms with Gasteiger partial charge >= 0.3 is 0 Å². The van der Waals surface area contributed by atoms with Crippen LogP contribution in [0.5, 0.6) is 0 Å². The Balaban J connectivity index is 1.86. The first-order valence-corrected chi connectivity index (χ1v) is 6.13. The van der Waals surface area contributed by atoms with Gasteiger partial charge in [-0.05, 0) is 29.3 Å². The third-order valence-electron chi connectivity index (χ3n) is 2.53. The quantitative estimate of drug-likeness (QED) is 0.874. The lowest BCUT2D eigenvalue weighted by molar-refractivity contribution is -0.120. The van der Waals surface area contributed by atoms with Crippen LogP contribution in [0.2, 0.25) is 5.15 Å². The van der Waals surface area contributed by atoms with Crippen LogP contribution in [0, 0.1) is 5.82 Å². The van der Waals surface area contributed by atoms with E-state index in [1.807, 2.05) is 0 Å². The van der Waals surface area contributed by atoms with E-state index in [1.54, 1.807) is 30.5 Å². The Kier molecular flexibility index (Phi) is 4.47. The van der Waals surface area contributed by atoms with Crippen molar-refractivity contribution in [3.63, 3.8) is 0 Å². The maximum Gasteiger partial charge on any atom is 0.224 e. The molecule has 3 nitrogen and oxygen atoms in total. The SMILES string of the molecule is O=C(Cc1ccc(Cl)nc1)NCc1cccc(F)c1. The largest absolute Gasteiger partial charge is 0.352 e. The van der Waals surface area contributed by atoms with E-state index in [-0.39, 0.29) is 18.1 Å². The molecule has 0 spiro atoms. The molecule has 19 heavy (non-hydrogen) atoms. The summed E-state index contributed by atoms with van der Waals surface area (Å²) < 4.78 is 12.9. The third-order valence-corrected chi connectivity index (χ3v) is 2.76. The summed E-state index contributed by atoms with van der Waals surface area (Å²) in [4.78, 5) is 15.6. The van der Waals surface area contributed by atoms with Gasteiger partial charge in [0.25, 0.3) is 0 Å². The number of benzene rings is 1. The lowest BCUT2D eigenvalue weighted by Gasteiger charge is -2.05. The van der Waals surface area contributed by atoms with Crippen LogP contribution in [0.15, 0.2) is 42.6 Å². The van der Waals surface area contributed by atoms with E-state index in [4.69, 9.17) is 11.6 Å². The number of carbonyl (C=O) groups is 1. The van der Waals surface area contributed by atoms with Gasteiger partial charge in [-0.25, -0.2) is 9.37 Å². The van der Waals surface area contributed by atoms with Crippen LogP contribution < -0.4 is 5.32 Å². The first kappa shape index (κ1) is 13.5. The molecule has 1 N–H and O–H groups in total. The molecule has 1 heterocycles. The Morgan fingerprint density at radius 3 is 2.79 bits per heavy atom. The van der Waals surface area contributed by atoms with Gasteiger partial charge in [0.05, 0.1) is 6.42 Å². The Morgan fingerprint density at radius 2 is 2.11 bits per heavy atom. The van der Waals surface area contributed by atoms with Crippen LogP contribution >= 0.6 is 11.6 Å². The highest BCUT2D eigenvalue weighted by molar-refractivity contribution is 6.29. The van der Waals surface area contributed by atoms with Gasteiger partial charge in [0.1, 0.15) is 11.0 Å². The molecular weight excluding hydrogens is 267 g/mol. The molecule has 0 radical (unpaired) electrons. The number of rotatable bonds is 4. The Morgan fingerprint density at radius 1 is 1.26 bits per heavy atom. The Bertz CT molecular complexity index is 572. The van der Waals surface area contributed by atoms with E-state index in [1.165, 1.54) is 12.1 Å². The molecule has 0 unspecified atom stereocenters. The lowest BCUT2D eigenvalue weighted by atomic mass is 10.2. The van der Waals surface area contributed by atoms with Crippen molar-refractivity contribution >= 4 is 17.5 Å². The molecule has 0 aliphatic rings. The van der Waals surface area contributed by atoms with Gasteiger partial charge in [0, 0.05) is 12.7 Å². The van der Waals surface area contributed by atoms with Crippen molar-refractivity contribution in [2.45, 2.75) is 13.0 Å². The molecule has 0 saturated heterocycles. The van der Waals surface area contributed by atoms with Crippen LogP contribution in [-0.2, 0) is 17.8 Å². The molecule has 0 aliphatic carbocycles. The van der Waals surface area contributed by atoms with Crippen LogP contribution in [0.25, 0.3) is 0 Å². The summed E-state index contributed by atoms with van der Waals surface area (Å²) in [5.74, 6) is -0.456. The third kappa shape index (κ3) is 4.34. The Hall–Kier alpha value is -1.94. The van der Waals surface area contributed by atoms with Crippen molar-refractivity contribution in [2.75, 3.05) is 0 Å². The average Bonchev–Trinajstić information content (AvgIpc) is 2.39. The number of halogens is 2. The fourth-order valence-corrected chi connectivity index (χ4v) is 1.72. The molecular formula is C14H12ClFN2O. The van der Waals surface area contributed by atoms with E-state index in [2.05, 4.69) is 10.3 Å². The number of nitrogens with zero attached hydrogens (tertiary/aromatic N) is 1. The molecule has 2 rings (SSSR count). The summed E-state index contributed by atoms with van der Waals surface area (Å²) in [6, 6.07) is 9.51. The van der Waals surface area contributed by atoms with Gasteiger partial charge < -0.3 is 5.32 Å². The maximum atomic E-state index is 12.9. The van der Waals surface area contributed by atoms with Crippen LogP contribution in [0.3, 0.4) is 0 Å². The van der Waals surface area contributed by atoms with Gasteiger partial charge in [-0.3, -0.25) is 4.79 Å². The van der Waals surface area contributed by atoms with Gasteiger partial charge in [-0.15, -0.1) is 0 Å². The molecule has 2 aromatic rings. The second-order valence-corrected chi connectivity index (χ2v) is 4.46. The number of hydrogen-bond donors (Lipinski definition) is 1. The van der Waals surface area contributed by atoms with Crippen LogP contribution in [0.4, 0.5) is 4.39 Å². The fourth-order valence-electron chi connectivity index (χ4n) is 1.61. The zero-order chi connectivity index (χ0) is 13.7. The number of pyridine rings is 1. The predicted molar refractivity (Wildman–Crippen MR) is 71.2 cm³/mol. The molecule has 0 atom stereocenters.